The molecule has 0 bridgehead atoms. The molecular formula is C12H24KNO. The third-order valence-electron chi connectivity index (χ3n) is 2.90. The molecule has 0 aromatic heterocycles. The summed E-state index contributed by atoms with van der Waals surface area (Å²) >= 11 is 0. The summed E-state index contributed by atoms with van der Waals surface area (Å²) in [6, 6.07) is 0. The molecule has 1 amide bonds. The maximum atomic E-state index is 11.3. The van der Waals surface area contributed by atoms with Crippen molar-refractivity contribution in [2.45, 2.75) is 64.2 Å². The van der Waals surface area contributed by atoms with E-state index in [1.807, 2.05) is 0 Å². The molecule has 1 saturated heterocycles. The van der Waals surface area contributed by atoms with Crippen LogP contribution in [0, 0.1) is 0 Å². The van der Waals surface area contributed by atoms with E-state index in [9.17, 15) is 4.79 Å². The van der Waals surface area contributed by atoms with Crippen LogP contribution in [-0.4, -0.2) is 63.8 Å². The zero-order chi connectivity index (χ0) is 10.1. The van der Waals surface area contributed by atoms with E-state index in [4.69, 9.17) is 0 Å². The van der Waals surface area contributed by atoms with Crippen LogP contribution in [0.2, 0.25) is 0 Å². The van der Waals surface area contributed by atoms with Crippen LogP contribution in [0.4, 0.5) is 0 Å². The molecule has 1 aliphatic rings. The first-order valence-electron chi connectivity index (χ1n) is 6.16. The average molecular weight is 237 g/mol. The number of nitrogens with one attached hydrogen (secondary N) is 1. The normalized spacial score (nSPS) is 21.2. The Bertz CT molecular complexity index is 146. The van der Waals surface area contributed by atoms with Crippen LogP contribution in [0.5, 0.6) is 0 Å². The fourth-order valence-corrected chi connectivity index (χ4v) is 1.96. The molecule has 1 aliphatic heterocycles. The first-order chi connectivity index (χ1) is 6.89. The molecule has 2 nitrogen and oxygen atoms in total. The zero-order valence-corrected chi connectivity index (χ0v) is 9.19. The Labute approximate surface area is 136 Å². The number of carbonyl (C=O) groups is 1. The minimum atomic E-state index is 0. The third-order valence-corrected chi connectivity index (χ3v) is 2.90. The Morgan fingerprint density at radius 2 is 1.20 bits per heavy atom. The van der Waals surface area contributed by atoms with Gasteiger partial charge in [-0.05, 0) is 12.8 Å². The van der Waals surface area contributed by atoms with Crippen molar-refractivity contribution in [2.24, 2.45) is 0 Å². The van der Waals surface area contributed by atoms with Gasteiger partial charge in [0.15, 0.2) is 0 Å². The number of rotatable bonds is 0. The molecule has 0 aromatic rings. The molecule has 0 aliphatic carbocycles. The van der Waals surface area contributed by atoms with E-state index in [0.717, 1.165) is 25.8 Å². The van der Waals surface area contributed by atoms with Gasteiger partial charge in [0.2, 0.25) is 5.91 Å². The second-order valence-electron chi connectivity index (χ2n) is 4.28. The second kappa shape index (κ2) is 11.6. The number of hydrogen-bond acceptors (Lipinski definition) is 1. The van der Waals surface area contributed by atoms with Crippen molar-refractivity contribution in [3.8, 4) is 0 Å². The van der Waals surface area contributed by atoms with Crippen LogP contribution < -0.4 is 5.32 Å². The number of hydrogen-bond donors (Lipinski definition) is 1. The molecule has 0 atom stereocenters. The van der Waals surface area contributed by atoms with Crippen molar-refractivity contribution in [3.63, 3.8) is 0 Å². The first kappa shape index (κ1) is 16.1. The zero-order valence-electron chi connectivity index (χ0n) is 9.19. The second-order valence-corrected chi connectivity index (χ2v) is 4.28. The van der Waals surface area contributed by atoms with Crippen LogP contribution in [0.15, 0.2) is 0 Å². The molecule has 1 N–H and O–H groups in total. The van der Waals surface area contributed by atoms with Crippen molar-refractivity contribution in [3.05, 3.63) is 0 Å². The molecule has 3 heteroatoms. The van der Waals surface area contributed by atoms with E-state index in [0.29, 0.717) is 0 Å². The molecule has 0 radical (unpaired) electrons. The van der Waals surface area contributed by atoms with Crippen LogP contribution >= 0.6 is 0 Å². The molecular weight excluding hydrogens is 213 g/mol. The van der Waals surface area contributed by atoms with Gasteiger partial charge in [-0.15, -0.1) is 0 Å². The van der Waals surface area contributed by atoms with Crippen LogP contribution in [0.1, 0.15) is 64.2 Å². The van der Waals surface area contributed by atoms with Gasteiger partial charge in [-0.1, -0.05) is 44.9 Å². The van der Waals surface area contributed by atoms with Gasteiger partial charge < -0.3 is 5.32 Å². The topological polar surface area (TPSA) is 29.1 Å². The third kappa shape index (κ3) is 10.0. The van der Waals surface area contributed by atoms with Gasteiger partial charge in [0.05, 0.1) is 0 Å². The summed E-state index contributed by atoms with van der Waals surface area (Å²) in [7, 11) is 0. The van der Waals surface area contributed by atoms with E-state index >= 15 is 0 Å². The van der Waals surface area contributed by atoms with Gasteiger partial charge in [0, 0.05) is 13.0 Å². The van der Waals surface area contributed by atoms with E-state index in [2.05, 4.69) is 5.32 Å². The molecule has 0 saturated carbocycles. The van der Waals surface area contributed by atoms with Crippen LogP contribution in [0.25, 0.3) is 0 Å². The molecule has 0 unspecified atom stereocenters. The summed E-state index contributed by atoms with van der Waals surface area (Å²) < 4.78 is 0. The summed E-state index contributed by atoms with van der Waals surface area (Å²) in [5, 5.41) is 2.98. The Morgan fingerprint density at radius 3 is 1.80 bits per heavy atom. The summed E-state index contributed by atoms with van der Waals surface area (Å²) in [5.74, 6) is 0.254. The SMILES string of the molecule is O=C1CCCCCCCCCCCN1.[KH]. The van der Waals surface area contributed by atoms with Crippen LogP contribution in [0.3, 0.4) is 0 Å². The quantitative estimate of drug-likeness (QED) is 0.644. The Hall–Kier alpha value is 1.11. The van der Waals surface area contributed by atoms with E-state index < -0.39 is 0 Å². The van der Waals surface area contributed by atoms with E-state index in [1.165, 1.54) is 44.9 Å². The van der Waals surface area contributed by atoms with Crippen molar-refractivity contribution in [2.75, 3.05) is 6.54 Å². The van der Waals surface area contributed by atoms with Gasteiger partial charge in [-0.25, -0.2) is 0 Å². The van der Waals surface area contributed by atoms with Crippen LogP contribution in [-0.2, 0) is 4.79 Å². The number of amides is 1. The standard InChI is InChI=1S/C12H23NO.K.H/c14-12-10-8-6-4-2-1-3-5-7-9-11-13-12;;/h1-11H2,(H,13,14);;. The molecule has 84 valence electrons. The predicted molar refractivity (Wildman–Crippen MR) is 66.3 cm³/mol. The van der Waals surface area contributed by atoms with Gasteiger partial charge in [-0.2, -0.15) is 0 Å². The molecule has 1 heterocycles. The Morgan fingerprint density at radius 1 is 0.733 bits per heavy atom. The molecule has 15 heavy (non-hydrogen) atoms. The monoisotopic (exact) mass is 237 g/mol. The maximum absolute atomic E-state index is 11.3. The van der Waals surface area contributed by atoms with Gasteiger partial charge in [-0.3, -0.25) is 4.79 Å². The molecule has 1 fully saturated rings. The van der Waals surface area contributed by atoms with E-state index in [1.54, 1.807) is 0 Å². The summed E-state index contributed by atoms with van der Waals surface area (Å²) in [5.41, 5.74) is 0. The van der Waals surface area contributed by atoms with Crippen molar-refractivity contribution < 1.29 is 4.79 Å². The fourth-order valence-electron chi connectivity index (χ4n) is 1.96. The Kier molecular flexibility index (Phi) is 12.4. The van der Waals surface area contributed by atoms with Gasteiger partial charge in [0.1, 0.15) is 0 Å². The summed E-state index contributed by atoms with van der Waals surface area (Å²) in [6.45, 7) is 0.888. The average Bonchev–Trinajstić information content (AvgIpc) is 2.20. The van der Waals surface area contributed by atoms with Gasteiger partial charge in [0.25, 0.3) is 0 Å². The minimum absolute atomic E-state index is 0. The molecule has 0 aromatic carbocycles. The van der Waals surface area contributed by atoms with Gasteiger partial charge >= 0.3 is 51.4 Å². The predicted octanol–water partition coefficient (Wildman–Crippen LogP) is 2.37. The van der Waals surface area contributed by atoms with E-state index in [-0.39, 0.29) is 57.3 Å². The molecule has 0 spiro atoms. The molecule has 1 rings (SSSR count). The number of carbonyl (C=O) groups excluding carboxylic acids is 1. The summed E-state index contributed by atoms with van der Waals surface area (Å²) in [6.07, 6.45) is 12.3. The van der Waals surface area contributed by atoms with Crippen molar-refractivity contribution >= 4 is 57.3 Å². The fraction of sp³-hybridized carbons (Fsp3) is 0.917. The van der Waals surface area contributed by atoms with Crippen molar-refractivity contribution in [1.82, 2.24) is 5.32 Å². The summed E-state index contributed by atoms with van der Waals surface area (Å²) in [4.78, 5) is 11.3. The van der Waals surface area contributed by atoms with Crippen molar-refractivity contribution in [1.29, 1.82) is 0 Å². The first-order valence-corrected chi connectivity index (χ1v) is 6.16. The Balaban J connectivity index is 0.00000196.